The molecule has 0 radical (unpaired) electrons. The second-order valence-electron chi connectivity index (χ2n) is 12.2. The van der Waals surface area contributed by atoms with Crippen LogP contribution in [-0.2, 0) is 25.7 Å². The van der Waals surface area contributed by atoms with Gasteiger partial charge in [-0.15, -0.1) is 11.3 Å². The summed E-state index contributed by atoms with van der Waals surface area (Å²) in [5, 5.41) is 16.2. The van der Waals surface area contributed by atoms with E-state index in [2.05, 4.69) is 15.6 Å². The molecule has 0 saturated carbocycles. The van der Waals surface area contributed by atoms with Crippen LogP contribution in [0.25, 0.3) is 10.4 Å². The van der Waals surface area contributed by atoms with Crippen LogP contribution < -0.4 is 16.4 Å². The molecular weight excluding hydrogens is 554 g/mol. The van der Waals surface area contributed by atoms with Gasteiger partial charge in [-0.25, -0.2) is 4.98 Å². The highest BCUT2D eigenvalue weighted by Crippen LogP contribution is 2.28. The fourth-order valence-corrected chi connectivity index (χ4v) is 5.94. The van der Waals surface area contributed by atoms with E-state index in [0.717, 1.165) is 47.4 Å². The quantitative estimate of drug-likeness (QED) is 0.244. The minimum atomic E-state index is -0.844. The number of nitrogens with one attached hydrogen (secondary N) is 2. The van der Waals surface area contributed by atoms with Gasteiger partial charge in [0.15, 0.2) is 0 Å². The molecule has 2 aromatic rings. The monoisotopic (exact) mass is 599 g/mol. The molecule has 0 unspecified atom stereocenters. The van der Waals surface area contributed by atoms with E-state index in [4.69, 9.17) is 5.73 Å². The van der Waals surface area contributed by atoms with Crippen LogP contribution in [0, 0.1) is 12.3 Å². The van der Waals surface area contributed by atoms with Crippen LogP contribution in [-0.4, -0.2) is 63.4 Å². The zero-order valence-electron chi connectivity index (χ0n) is 25.2. The van der Waals surface area contributed by atoms with Gasteiger partial charge in [-0.05, 0) is 36.3 Å². The number of amides is 4. The van der Waals surface area contributed by atoms with Gasteiger partial charge in [-0.1, -0.05) is 64.3 Å². The van der Waals surface area contributed by atoms with Crippen molar-refractivity contribution >= 4 is 35.0 Å². The molecule has 1 fully saturated rings. The Labute approximate surface area is 252 Å². The molecule has 0 spiro atoms. The number of aliphatic hydroxyl groups is 1. The van der Waals surface area contributed by atoms with E-state index in [1.54, 1.807) is 11.3 Å². The lowest BCUT2D eigenvalue weighted by Gasteiger charge is -2.35. The molecule has 3 atom stereocenters. The minimum absolute atomic E-state index is 0.0353. The molecular formula is C31H45N5O5S. The Morgan fingerprint density at radius 1 is 1.07 bits per heavy atom. The molecule has 1 aliphatic rings. The number of thiazole rings is 1. The van der Waals surface area contributed by atoms with Gasteiger partial charge in [0, 0.05) is 32.4 Å². The van der Waals surface area contributed by atoms with Crippen LogP contribution in [0.5, 0.6) is 0 Å². The zero-order chi connectivity index (χ0) is 30.9. The maximum absolute atomic E-state index is 13.7. The Balaban J connectivity index is 1.55. The topological polar surface area (TPSA) is 155 Å². The zero-order valence-corrected chi connectivity index (χ0v) is 26.0. The van der Waals surface area contributed by atoms with Crippen molar-refractivity contribution in [3.63, 3.8) is 0 Å². The fraction of sp³-hybridized carbons (Fsp3) is 0.581. The summed E-state index contributed by atoms with van der Waals surface area (Å²) in [5.74, 6) is -1.23. The van der Waals surface area contributed by atoms with Crippen molar-refractivity contribution < 1.29 is 24.3 Å². The third kappa shape index (κ3) is 9.62. The summed E-state index contributed by atoms with van der Waals surface area (Å²) in [6.45, 7) is 7.90. The number of β-amino-alcohol motifs (C(OH)–C–C–N with tert-alkyl or cyclic N) is 1. The average molecular weight is 600 g/mol. The lowest BCUT2D eigenvalue weighted by Crippen LogP contribution is -2.57. The van der Waals surface area contributed by atoms with Gasteiger partial charge in [0.1, 0.15) is 12.1 Å². The van der Waals surface area contributed by atoms with Gasteiger partial charge in [-0.2, -0.15) is 0 Å². The summed E-state index contributed by atoms with van der Waals surface area (Å²) in [7, 11) is 0. The fourth-order valence-electron chi connectivity index (χ4n) is 5.13. The number of aliphatic hydroxyl groups excluding tert-OH is 1. The highest BCUT2D eigenvalue weighted by Gasteiger charge is 2.44. The predicted molar refractivity (Wildman–Crippen MR) is 163 cm³/mol. The van der Waals surface area contributed by atoms with E-state index < -0.39 is 23.6 Å². The average Bonchev–Trinajstić information content (AvgIpc) is 3.54. The maximum atomic E-state index is 13.7. The molecule has 4 amide bonds. The van der Waals surface area contributed by atoms with E-state index in [-0.39, 0.29) is 49.6 Å². The Morgan fingerprint density at radius 2 is 1.71 bits per heavy atom. The molecule has 10 nitrogen and oxygen atoms in total. The maximum Gasteiger partial charge on any atom is 0.246 e. The molecule has 0 aliphatic carbocycles. The molecule has 230 valence electrons. The molecule has 3 rings (SSSR count). The Kier molecular flexibility index (Phi) is 12.0. The van der Waals surface area contributed by atoms with E-state index >= 15 is 0 Å². The number of nitrogens with two attached hydrogens (primary N) is 1. The standard InChI is InChI=1S/C31H45N5O5S/c1-20-27(42-19-34-20)22-14-12-21(13-15-22)17-33-29(40)24-16-23(37)18-36(24)30(41)28(31(2,3)4)35-26(39)11-9-7-5-6-8-10-25(32)38/h12-15,19,23-24,28,37H,5-11,16-18H2,1-4H3,(H2,32,38)(H,33,40)(H,35,39)/t23-,24+,28-/m1/s1. The van der Waals surface area contributed by atoms with E-state index in [9.17, 15) is 24.3 Å². The van der Waals surface area contributed by atoms with Crippen LogP contribution in [0.2, 0.25) is 0 Å². The van der Waals surface area contributed by atoms with E-state index in [0.29, 0.717) is 12.8 Å². The SMILES string of the molecule is Cc1ncsc1-c1ccc(CNC(=O)[C@@H]2C[C@@H](O)CN2C(=O)[C@@H](NC(=O)CCCCCCCC(N)=O)C(C)(C)C)cc1. The van der Waals surface area contributed by atoms with Gasteiger partial charge in [0.2, 0.25) is 23.6 Å². The number of nitrogens with zero attached hydrogens (tertiary/aromatic N) is 2. The summed E-state index contributed by atoms with van der Waals surface area (Å²) < 4.78 is 0. The molecule has 1 aliphatic heterocycles. The first-order valence-electron chi connectivity index (χ1n) is 14.7. The van der Waals surface area contributed by atoms with Crippen molar-refractivity contribution in [2.75, 3.05) is 6.54 Å². The smallest absolute Gasteiger partial charge is 0.246 e. The van der Waals surface area contributed by atoms with Crippen molar-refractivity contribution in [3.05, 3.63) is 41.0 Å². The van der Waals surface area contributed by atoms with E-state index in [1.807, 2.05) is 57.5 Å². The van der Waals surface area contributed by atoms with Crippen molar-refractivity contribution in [2.45, 2.75) is 104 Å². The summed E-state index contributed by atoms with van der Waals surface area (Å²) in [6, 6.07) is 6.23. The number of likely N-dealkylation sites (tertiary alicyclic amines) is 1. The minimum Gasteiger partial charge on any atom is -0.391 e. The first kappa shape index (κ1) is 33.2. The lowest BCUT2D eigenvalue weighted by molar-refractivity contribution is -0.144. The number of primary amides is 1. The second kappa shape index (κ2) is 15.2. The van der Waals surface area contributed by atoms with Crippen molar-refractivity contribution in [2.24, 2.45) is 11.1 Å². The van der Waals surface area contributed by atoms with Crippen LogP contribution in [0.15, 0.2) is 29.8 Å². The normalized spacial score (nSPS) is 17.6. The van der Waals surface area contributed by atoms with Crippen LogP contribution in [0.3, 0.4) is 0 Å². The number of rotatable bonds is 14. The first-order chi connectivity index (χ1) is 19.9. The Bertz CT molecular complexity index is 1220. The van der Waals surface area contributed by atoms with Gasteiger partial charge < -0.3 is 26.4 Å². The third-order valence-electron chi connectivity index (χ3n) is 7.54. The third-order valence-corrected chi connectivity index (χ3v) is 8.52. The van der Waals surface area contributed by atoms with Gasteiger partial charge in [0.25, 0.3) is 0 Å². The van der Waals surface area contributed by atoms with Crippen LogP contribution in [0.1, 0.15) is 83.4 Å². The van der Waals surface area contributed by atoms with E-state index in [1.165, 1.54) is 4.90 Å². The summed E-state index contributed by atoms with van der Waals surface area (Å²) in [5.41, 5.74) is 9.33. The molecule has 2 heterocycles. The number of benzene rings is 1. The summed E-state index contributed by atoms with van der Waals surface area (Å²) in [4.78, 5) is 57.4. The van der Waals surface area contributed by atoms with Crippen molar-refractivity contribution in [1.29, 1.82) is 0 Å². The largest absolute Gasteiger partial charge is 0.391 e. The van der Waals surface area contributed by atoms with Gasteiger partial charge >= 0.3 is 0 Å². The Morgan fingerprint density at radius 3 is 2.31 bits per heavy atom. The van der Waals surface area contributed by atoms with Crippen molar-refractivity contribution in [1.82, 2.24) is 20.5 Å². The van der Waals surface area contributed by atoms with Gasteiger partial charge in [0.05, 0.1) is 22.2 Å². The van der Waals surface area contributed by atoms with Crippen molar-refractivity contribution in [3.8, 4) is 10.4 Å². The first-order valence-corrected chi connectivity index (χ1v) is 15.6. The Hall–Kier alpha value is -3.31. The summed E-state index contributed by atoms with van der Waals surface area (Å²) >= 11 is 1.58. The number of carbonyl (C=O) groups excluding carboxylic acids is 4. The van der Waals surface area contributed by atoms with Crippen LogP contribution in [0.4, 0.5) is 0 Å². The molecule has 11 heteroatoms. The van der Waals surface area contributed by atoms with Crippen LogP contribution >= 0.6 is 11.3 Å². The second-order valence-corrected chi connectivity index (χ2v) is 13.0. The predicted octanol–water partition coefficient (Wildman–Crippen LogP) is 3.44. The molecule has 1 aromatic carbocycles. The number of aromatic nitrogens is 1. The number of hydrogen-bond donors (Lipinski definition) is 4. The molecule has 42 heavy (non-hydrogen) atoms. The number of hydrogen-bond acceptors (Lipinski definition) is 7. The molecule has 0 bridgehead atoms. The highest BCUT2D eigenvalue weighted by molar-refractivity contribution is 7.13. The molecule has 1 saturated heterocycles. The van der Waals surface area contributed by atoms with Gasteiger partial charge in [-0.3, -0.25) is 19.2 Å². The number of carbonyl (C=O) groups is 4. The number of aryl methyl sites for hydroxylation is 1. The molecule has 1 aromatic heterocycles. The number of unbranched alkanes of at least 4 members (excludes halogenated alkanes) is 4. The molecule has 5 N–H and O–H groups in total. The summed E-state index contributed by atoms with van der Waals surface area (Å²) in [6.07, 6.45) is 4.02. The lowest BCUT2D eigenvalue weighted by atomic mass is 9.85. The highest BCUT2D eigenvalue weighted by atomic mass is 32.1.